The summed E-state index contributed by atoms with van der Waals surface area (Å²) in [4.78, 5) is 28.3. The third-order valence-electron chi connectivity index (χ3n) is 5.43. The molecule has 0 fully saturated rings. The molecule has 4 rings (SSSR count). The van der Waals surface area contributed by atoms with E-state index in [1.54, 1.807) is 42.5 Å². The number of ketones is 1. The first kappa shape index (κ1) is 26.4. The van der Waals surface area contributed by atoms with E-state index in [4.69, 9.17) is 46.4 Å². The van der Waals surface area contributed by atoms with Gasteiger partial charge in [-0.25, -0.2) is 12.7 Å². The Morgan fingerprint density at radius 3 is 2.14 bits per heavy atom. The number of para-hydroxylation sites is 1. The maximum atomic E-state index is 14.0. The number of halogens is 4. The lowest BCUT2D eigenvalue weighted by Gasteiger charge is -2.30. The molecule has 0 aliphatic carbocycles. The Morgan fingerprint density at radius 2 is 1.53 bits per heavy atom. The molecule has 0 unspecified atom stereocenters. The molecule has 1 aliphatic rings. The van der Waals surface area contributed by atoms with Crippen LogP contribution in [0.5, 0.6) is 0 Å². The molecule has 0 saturated carbocycles. The molecule has 36 heavy (non-hydrogen) atoms. The number of amidine groups is 1. The molecule has 0 radical (unpaired) electrons. The van der Waals surface area contributed by atoms with E-state index in [0.717, 1.165) is 12.1 Å². The minimum Gasteiger partial charge on any atom is -0.292 e. The fourth-order valence-electron chi connectivity index (χ4n) is 3.89. The topological polar surface area (TPSA) is 110 Å². The number of nitrogens with zero attached hydrogens (tertiary/aromatic N) is 3. The highest BCUT2D eigenvalue weighted by Gasteiger charge is 2.54. The average molecular weight is 587 g/mol. The van der Waals surface area contributed by atoms with Gasteiger partial charge < -0.3 is 0 Å². The zero-order valence-electron chi connectivity index (χ0n) is 18.0. The maximum Gasteiger partial charge on any atom is 0.289 e. The molecule has 3 aromatic rings. The van der Waals surface area contributed by atoms with Crippen LogP contribution in [-0.2, 0) is 10.0 Å². The molecule has 2 atom stereocenters. The van der Waals surface area contributed by atoms with Gasteiger partial charge in [0.25, 0.3) is 15.7 Å². The summed E-state index contributed by atoms with van der Waals surface area (Å²) in [5, 5.41) is 11.9. The van der Waals surface area contributed by atoms with E-state index in [1.807, 2.05) is 0 Å². The summed E-state index contributed by atoms with van der Waals surface area (Å²) >= 11 is 24.9. The number of alkyl halides is 3. The second-order valence-corrected chi connectivity index (χ2v) is 12.1. The number of nitro benzene ring substituents is 1. The van der Waals surface area contributed by atoms with Crippen molar-refractivity contribution in [2.75, 3.05) is 0 Å². The van der Waals surface area contributed by atoms with Gasteiger partial charge in [0, 0.05) is 16.7 Å². The molecule has 0 amide bonds. The van der Waals surface area contributed by atoms with Crippen LogP contribution in [0.15, 0.2) is 88.8 Å². The first-order valence-electron chi connectivity index (χ1n) is 10.2. The number of Topliss-reactive ketones (excluding diaryl/α,β-unsaturated/α-hetero) is 1. The van der Waals surface area contributed by atoms with E-state index in [0.29, 0.717) is 9.87 Å². The Kier molecular flexibility index (Phi) is 7.32. The van der Waals surface area contributed by atoms with Gasteiger partial charge in [-0.1, -0.05) is 107 Å². The third kappa shape index (κ3) is 4.81. The monoisotopic (exact) mass is 585 g/mol. The van der Waals surface area contributed by atoms with Crippen LogP contribution in [-0.4, -0.2) is 39.1 Å². The Balaban J connectivity index is 2.01. The highest BCUT2D eigenvalue weighted by Crippen LogP contribution is 2.45. The lowest BCUT2D eigenvalue weighted by atomic mass is 9.94. The number of carbonyl (C=O) groups is 1. The molecule has 0 saturated heterocycles. The SMILES string of the molecule is O=C(c1ccccc1)[C@@H]1[C@@H](c2ccccc2Cl)N=C(C(Cl)(Cl)Cl)N1S(=O)(=O)c1ccccc1[N+](=O)[O-]. The summed E-state index contributed by atoms with van der Waals surface area (Å²) in [5.41, 5.74) is -0.253. The smallest absolute Gasteiger partial charge is 0.289 e. The summed E-state index contributed by atoms with van der Waals surface area (Å²) in [6.45, 7) is 0. The standard InChI is InChI=1S/C23H15Cl4N3O5S/c24-16-11-5-4-10-15(16)19-20(21(31)14-8-2-1-3-9-14)29(22(28-19)23(25,26)27)36(34,35)18-13-7-6-12-17(18)30(32)33/h1-13,19-20H/t19-,20+/m1/s1. The van der Waals surface area contributed by atoms with Crippen LogP contribution in [0.2, 0.25) is 5.02 Å². The van der Waals surface area contributed by atoms with Gasteiger partial charge in [-0.05, 0) is 17.7 Å². The predicted octanol–water partition coefficient (Wildman–Crippen LogP) is 6.01. The quantitative estimate of drug-likeness (QED) is 0.152. The van der Waals surface area contributed by atoms with Gasteiger partial charge in [0.05, 0.1) is 4.92 Å². The van der Waals surface area contributed by atoms with Gasteiger partial charge >= 0.3 is 0 Å². The van der Waals surface area contributed by atoms with Crippen molar-refractivity contribution in [2.24, 2.45) is 4.99 Å². The Hall–Kier alpha value is -2.69. The van der Waals surface area contributed by atoms with Crippen molar-refractivity contribution >= 4 is 73.7 Å². The maximum absolute atomic E-state index is 14.0. The van der Waals surface area contributed by atoms with Crippen LogP contribution in [0.1, 0.15) is 22.0 Å². The number of carbonyl (C=O) groups excluding carboxylic acids is 1. The van der Waals surface area contributed by atoms with Crippen LogP contribution in [0.4, 0.5) is 5.69 Å². The normalized spacial score (nSPS) is 18.1. The van der Waals surface area contributed by atoms with E-state index in [1.165, 1.54) is 24.3 Å². The largest absolute Gasteiger partial charge is 0.292 e. The lowest BCUT2D eigenvalue weighted by molar-refractivity contribution is -0.387. The molecular formula is C23H15Cl4N3O5S. The summed E-state index contributed by atoms with van der Waals surface area (Å²) in [6, 6.07) is 16.1. The van der Waals surface area contributed by atoms with Crippen molar-refractivity contribution in [1.29, 1.82) is 0 Å². The van der Waals surface area contributed by atoms with Gasteiger partial charge in [-0.2, -0.15) is 0 Å². The van der Waals surface area contributed by atoms with Crippen LogP contribution in [0.25, 0.3) is 0 Å². The van der Waals surface area contributed by atoms with Gasteiger partial charge in [0.1, 0.15) is 12.1 Å². The van der Waals surface area contributed by atoms with Crippen molar-refractivity contribution < 1.29 is 18.1 Å². The molecule has 13 heteroatoms. The average Bonchev–Trinajstić information content (AvgIpc) is 3.26. The molecule has 8 nitrogen and oxygen atoms in total. The number of hydrogen-bond acceptors (Lipinski definition) is 6. The molecule has 1 heterocycles. The van der Waals surface area contributed by atoms with Crippen molar-refractivity contribution in [1.82, 2.24) is 4.31 Å². The van der Waals surface area contributed by atoms with E-state index in [9.17, 15) is 23.3 Å². The molecule has 186 valence electrons. The second kappa shape index (κ2) is 9.99. The van der Waals surface area contributed by atoms with Crippen LogP contribution >= 0.6 is 46.4 Å². The van der Waals surface area contributed by atoms with Gasteiger partial charge in [-0.15, -0.1) is 0 Å². The summed E-state index contributed by atoms with van der Waals surface area (Å²) < 4.78 is 26.2. The van der Waals surface area contributed by atoms with Crippen molar-refractivity contribution in [2.45, 2.75) is 20.8 Å². The number of rotatable bonds is 6. The number of nitro groups is 1. The van der Waals surface area contributed by atoms with E-state index in [-0.39, 0.29) is 10.6 Å². The number of sulfonamides is 1. The number of hydrogen-bond donors (Lipinski definition) is 0. The second-order valence-electron chi connectivity index (χ2n) is 7.62. The van der Waals surface area contributed by atoms with Crippen molar-refractivity contribution in [3.05, 3.63) is 105 Å². The minimum absolute atomic E-state index is 0.156. The Labute approximate surface area is 226 Å². The van der Waals surface area contributed by atoms with E-state index < -0.39 is 53.0 Å². The Bertz CT molecular complexity index is 1480. The van der Waals surface area contributed by atoms with Gasteiger partial charge in [0.15, 0.2) is 16.5 Å². The molecular weight excluding hydrogens is 572 g/mol. The molecule has 0 aromatic heterocycles. The molecule has 1 aliphatic heterocycles. The highest BCUT2D eigenvalue weighted by atomic mass is 35.6. The van der Waals surface area contributed by atoms with Crippen molar-refractivity contribution in [3.63, 3.8) is 0 Å². The van der Waals surface area contributed by atoms with Gasteiger partial charge in [-0.3, -0.25) is 19.9 Å². The predicted molar refractivity (Wildman–Crippen MR) is 139 cm³/mol. The molecule has 3 aromatic carbocycles. The fraction of sp³-hybridized carbons (Fsp3) is 0.130. The number of aliphatic imine (C=N–C) groups is 1. The fourth-order valence-corrected chi connectivity index (χ4v) is 6.50. The van der Waals surface area contributed by atoms with Crippen LogP contribution in [0.3, 0.4) is 0 Å². The van der Waals surface area contributed by atoms with E-state index >= 15 is 0 Å². The third-order valence-corrected chi connectivity index (χ3v) is 8.10. The lowest BCUT2D eigenvalue weighted by Crippen LogP contribution is -2.50. The molecule has 0 spiro atoms. The highest BCUT2D eigenvalue weighted by molar-refractivity contribution is 7.90. The first-order valence-corrected chi connectivity index (χ1v) is 13.2. The minimum atomic E-state index is -4.86. The van der Waals surface area contributed by atoms with Crippen LogP contribution in [0, 0.1) is 10.1 Å². The zero-order chi connectivity index (χ0) is 26.3. The molecule has 0 bridgehead atoms. The Morgan fingerprint density at radius 1 is 0.944 bits per heavy atom. The first-order chi connectivity index (χ1) is 16.9. The van der Waals surface area contributed by atoms with Crippen molar-refractivity contribution in [3.8, 4) is 0 Å². The van der Waals surface area contributed by atoms with Gasteiger partial charge in [0.2, 0.25) is 3.79 Å². The van der Waals surface area contributed by atoms with E-state index in [2.05, 4.69) is 4.99 Å². The van der Waals surface area contributed by atoms with Crippen LogP contribution < -0.4 is 0 Å². The number of benzene rings is 3. The molecule has 0 N–H and O–H groups in total. The summed E-state index contributed by atoms with van der Waals surface area (Å²) in [7, 11) is -4.86. The summed E-state index contributed by atoms with van der Waals surface area (Å²) in [5.74, 6) is -1.26. The summed E-state index contributed by atoms with van der Waals surface area (Å²) in [6.07, 6.45) is 0. The zero-order valence-corrected chi connectivity index (χ0v) is 21.8.